The normalized spacial score (nSPS) is 15.4. The monoisotopic (exact) mass is 372 g/mol. The van der Waals surface area contributed by atoms with Gasteiger partial charge in [0.25, 0.3) is 5.91 Å². The molecule has 3 aromatic rings. The van der Waals surface area contributed by atoms with Crippen molar-refractivity contribution < 1.29 is 4.79 Å². The number of aromatic nitrogens is 2. The van der Waals surface area contributed by atoms with Gasteiger partial charge in [0.1, 0.15) is 17.3 Å². The molecule has 0 saturated carbocycles. The largest absolute Gasteiger partial charge is 0.336 e. The molecule has 1 amide bonds. The van der Waals surface area contributed by atoms with Gasteiger partial charge in [0, 0.05) is 31.4 Å². The number of carbonyl (C=O) groups excluding carboxylic acids is 1. The van der Waals surface area contributed by atoms with Crippen LogP contribution in [-0.4, -0.2) is 33.9 Å². The third-order valence-corrected chi connectivity index (χ3v) is 5.11. The summed E-state index contributed by atoms with van der Waals surface area (Å²) in [6.07, 6.45) is 0.969. The van der Waals surface area contributed by atoms with Crippen LogP contribution < -0.4 is 4.90 Å². The second-order valence-electron chi connectivity index (χ2n) is 7.36. The number of nitrogens with zero attached hydrogens (tertiary/aromatic N) is 4. The van der Waals surface area contributed by atoms with E-state index < -0.39 is 0 Å². The number of rotatable bonds is 4. The molecule has 2 aromatic carbocycles. The van der Waals surface area contributed by atoms with Crippen molar-refractivity contribution in [1.29, 1.82) is 0 Å². The van der Waals surface area contributed by atoms with E-state index in [2.05, 4.69) is 40.0 Å². The standard InChI is InChI=1S/C23H24N4O/c1-16-13-19-11-7-8-12-21(19)27(16)22-14-20(24-17(2)25-22)23(28)26(3)15-18-9-5-4-6-10-18/h4-12,14,16H,13,15H2,1-3H3. The van der Waals surface area contributed by atoms with Crippen molar-refractivity contribution in [3.63, 3.8) is 0 Å². The van der Waals surface area contributed by atoms with Crippen LogP contribution in [0.15, 0.2) is 60.7 Å². The predicted octanol–water partition coefficient (Wildman–Crippen LogP) is 4.14. The van der Waals surface area contributed by atoms with Crippen LogP contribution in [-0.2, 0) is 13.0 Å². The molecule has 142 valence electrons. The fourth-order valence-corrected chi connectivity index (χ4v) is 3.82. The summed E-state index contributed by atoms with van der Waals surface area (Å²) in [5.74, 6) is 1.28. The van der Waals surface area contributed by atoms with E-state index in [9.17, 15) is 4.79 Å². The Hall–Kier alpha value is -3.21. The molecule has 4 rings (SSSR count). The number of hydrogen-bond acceptors (Lipinski definition) is 4. The highest BCUT2D eigenvalue weighted by Crippen LogP contribution is 2.37. The highest BCUT2D eigenvalue weighted by molar-refractivity contribution is 5.93. The van der Waals surface area contributed by atoms with Gasteiger partial charge in [-0.2, -0.15) is 0 Å². The minimum atomic E-state index is -0.101. The first kappa shape index (κ1) is 18.2. The second-order valence-corrected chi connectivity index (χ2v) is 7.36. The first-order valence-corrected chi connectivity index (χ1v) is 9.55. The predicted molar refractivity (Wildman–Crippen MR) is 111 cm³/mol. The molecule has 1 atom stereocenters. The third-order valence-electron chi connectivity index (χ3n) is 5.11. The quantitative estimate of drug-likeness (QED) is 0.691. The zero-order valence-corrected chi connectivity index (χ0v) is 16.5. The lowest BCUT2D eigenvalue weighted by Crippen LogP contribution is -2.29. The Labute approximate surface area is 165 Å². The Bertz CT molecular complexity index is 1000. The van der Waals surface area contributed by atoms with Crippen LogP contribution >= 0.6 is 0 Å². The molecule has 1 aliphatic rings. The first-order chi connectivity index (χ1) is 13.5. The van der Waals surface area contributed by atoms with E-state index in [4.69, 9.17) is 0 Å². The molecule has 2 heterocycles. The van der Waals surface area contributed by atoms with Crippen molar-refractivity contribution in [3.8, 4) is 0 Å². The minimum absolute atomic E-state index is 0.101. The van der Waals surface area contributed by atoms with Crippen LogP contribution in [0.3, 0.4) is 0 Å². The topological polar surface area (TPSA) is 49.3 Å². The van der Waals surface area contributed by atoms with Gasteiger partial charge in [0.15, 0.2) is 0 Å². The number of amides is 1. The van der Waals surface area contributed by atoms with Crippen LogP contribution in [0.2, 0.25) is 0 Å². The van der Waals surface area contributed by atoms with Crippen LogP contribution in [0.5, 0.6) is 0 Å². The lowest BCUT2D eigenvalue weighted by Gasteiger charge is -2.25. The van der Waals surface area contributed by atoms with Gasteiger partial charge < -0.3 is 9.80 Å². The van der Waals surface area contributed by atoms with Crippen molar-refractivity contribution in [2.24, 2.45) is 0 Å². The Morgan fingerprint density at radius 1 is 1.11 bits per heavy atom. The number of aryl methyl sites for hydroxylation is 1. The molecule has 0 spiro atoms. The van der Waals surface area contributed by atoms with Gasteiger partial charge in [0.2, 0.25) is 0 Å². The van der Waals surface area contributed by atoms with Gasteiger partial charge in [0.05, 0.1) is 0 Å². The van der Waals surface area contributed by atoms with Gasteiger partial charge in [-0.1, -0.05) is 48.5 Å². The summed E-state index contributed by atoms with van der Waals surface area (Å²) >= 11 is 0. The average Bonchev–Trinajstić information content (AvgIpc) is 3.03. The Morgan fingerprint density at radius 2 is 1.82 bits per heavy atom. The maximum absolute atomic E-state index is 13.0. The maximum atomic E-state index is 13.0. The molecule has 1 unspecified atom stereocenters. The molecule has 5 nitrogen and oxygen atoms in total. The highest BCUT2D eigenvalue weighted by Gasteiger charge is 2.29. The fourth-order valence-electron chi connectivity index (χ4n) is 3.82. The SMILES string of the molecule is Cc1nc(C(=O)N(C)Cc2ccccc2)cc(N2c3ccccc3CC2C)n1. The second kappa shape index (κ2) is 7.43. The summed E-state index contributed by atoms with van der Waals surface area (Å²) in [7, 11) is 1.81. The smallest absolute Gasteiger partial charge is 0.272 e. The van der Waals surface area contributed by atoms with Crippen molar-refractivity contribution in [3.05, 3.63) is 83.3 Å². The van der Waals surface area contributed by atoms with E-state index in [-0.39, 0.29) is 11.9 Å². The molecule has 1 aliphatic heterocycles. The molecule has 0 radical (unpaired) electrons. The van der Waals surface area contributed by atoms with Crippen molar-refractivity contribution in [2.45, 2.75) is 32.9 Å². The first-order valence-electron chi connectivity index (χ1n) is 9.55. The molecule has 28 heavy (non-hydrogen) atoms. The summed E-state index contributed by atoms with van der Waals surface area (Å²) in [5.41, 5.74) is 3.98. The Morgan fingerprint density at radius 3 is 2.61 bits per heavy atom. The van der Waals surface area contributed by atoms with Crippen LogP contribution in [0.25, 0.3) is 0 Å². The molecule has 0 N–H and O–H groups in total. The van der Waals surface area contributed by atoms with E-state index >= 15 is 0 Å². The number of para-hydroxylation sites is 1. The molecule has 0 fully saturated rings. The summed E-state index contributed by atoms with van der Waals surface area (Å²) < 4.78 is 0. The maximum Gasteiger partial charge on any atom is 0.272 e. The highest BCUT2D eigenvalue weighted by atomic mass is 16.2. The van der Waals surface area contributed by atoms with E-state index in [1.54, 1.807) is 11.9 Å². The van der Waals surface area contributed by atoms with E-state index in [1.165, 1.54) is 5.56 Å². The third kappa shape index (κ3) is 3.48. The summed E-state index contributed by atoms with van der Waals surface area (Å²) in [6.45, 7) is 4.56. The Kier molecular flexibility index (Phi) is 4.82. The van der Waals surface area contributed by atoms with Crippen molar-refractivity contribution >= 4 is 17.4 Å². The van der Waals surface area contributed by atoms with Crippen LogP contribution in [0, 0.1) is 6.92 Å². The molecule has 1 aromatic heterocycles. The van der Waals surface area contributed by atoms with E-state index in [1.807, 2.05) is 49.4 Å². The van der Waals surface area contributed by atoms with Gasteiger partial charge >= 0.3 is 0 Å². The van der Waals surface area contributed by atoms with Gasteiger partial charge in [-0.05, 0) is 37.5 Å². The van der Waals surface area contributed by atoms with E-state index in [0.717, 1.165) is 23.5 Å². The molecule has 0 bridgehead atoms. The number of anilines is 2. The molecule has 0 aliphatic carbocycles. The van der Waals surface area contributed by atoms with E-state index in [0.29, 0.717) is 18.1 Å². The average molecular weight is 372 g/mol. The zero-order valence-electron chi connectivity index (χ0n) is 16.5. The number of carbonyl (C=O) groups is 1. The molecule has 0 saturated heterocycles. The Balaban J connectivity index is 1.63. The zero-order chi connectivity index (χ0) is 19.7. The number of fused-ring (bicyclic) bond motifs is 1. The van der Waals surface area contributed by atoms with Gasteiger partial charge in [-0.15, -0.1) is 0 Å². The van der Waals surface area contributed by atoms with Gasteiger partial charge in [-0.3, -0.25) is 4.79 Å². The number of hydrogen-bond donors (Lipinski definition) is 0. The van der Waals surface area contributed by atoms with Crippen LogP contribution in [0.1, 0.15) is 34.4 Å². The summed E-state index contributed by atoms with van der Waals surface area (Å²) in [5, 5.41) is 0. The fraction of sp³-hybridized carbons (Fsp3) is 0.261. The number of benzene rings is 2. The molecular weight excluding hydrogens is 348 g/mol. The lowest BCUT2D eigenvalue weighted by atomic mass is 10.1. The molecule has 5 heteroatoms. The van der Waals surface area contributed by atoms with Gasteiger partial charge in [-0.25, -0.2) is 9.97 Å². The summed E-state index contributed by atoms with van der Waals surface area (Å²) in [6, 6.07) is 20.4. The molecular formula is C23H24N4O. The van der Waals surface area contributed by atoms with Crippen molar-refractivity contribution in [2.75, 3.05) is 11.9 Å². The minimum Gasteiger partial charge on any atom is -0.336 e. The summed E-state index contributed by atoms with van der Waals surface area (Å²) in [4.78, 5) is 26.0. The lowest BCUT2D eigenvalue weighted by molar-refractivity contribution is 0.0779. The van der Waals surface area contributed by atoms with Crippen LogP contribution in [0.4, 0.5) is 11.5 Å². The van der Waals surface area contributed by atoms with Crippen molar-refractivity contribution in [1.82, 2.24) is 14.9 Å².